The third-order valence-electron chi connectivity index (χ3n) is 2.29. The molecular weight excluding hydrogens is 214 g/mol. The van der Waals surface area contributed by atoms with Crippen LogP contribution in [0.1, 0.15) is 15.9 Å². The van der Waals surface area contributed by atoms with Gasteiger partial charge in [-0.05, 0) is 36.8 Å². The van der Waals surface area contributed by atoms with Crippen LogP contribution in [0.5, 0.6) is 0 Å². The molecule has 0 unspecified atom stereocenters. The molecule has 0 atom stereocenters. The highest BCUT2D eigenvalue weighted by Crippen LogP contribution is 2.10. The lowest BCUT2D eigenvalue weighted by atomic mass is 10.2. The first-order chi connectivity index (χ1) is 8.25. The van der Waals surface area contributed by atoms with Crippen molar-refractivity contribution >= 4 is 11.7 Å². The van der Waals surface area contributed by atoms with Crippen LogP contribution in [0, 0.1) is 6.92 Å². The van der Waals surface area contributed by atoms with Crippen molar-refractivity contribution in [3.8, 4) is 0 Å². The molecule has 0 bridgehead atoms. The second kappa shape index (κ2) is 5.16. The number of hydrogen-bond acceptors (Lipinski definition) is 3. The van der Waals surface area contributed by atoms with Gasteiger partial charge in [-0.2, -0.15) is 0 Å². The van der Waals surface area contributed by atoms with Crippen LogP contribution in [0.3, 0.4) is 0 Å². The predicted octanol–water partition coefficient (Wildman–Crippen LogP) is 3.18. The molecule has 0 amide bonds. The summed E-state index contributed by atoms with van der Waals surface area (Å²) >= 11 is 0. The highest BCUT2D eigenvalue weighted by molar-refractivity contribution is 5.89. The van der Waals surface area contributed by atoms with E-state index in [0.29, 0.717) is 5.56 Å². The van der Waals surface area contributed by atoms with Gasteiger partial charge in [0.1, 0.15) is 0 Å². The Hall–Kier alpha value is -2.29. The molecule has 17 heavy (non-hydrogen) atoms. The summed E-state index contributed by atoms with van der Waals surface area (Å²) in [5.41, 5.74) is 5.02. The van der Waals surface area contributed by atoms with Crippen LogP contribution in [0.15, 0.2) is 54.6 Å². The summed E-state index contributed by atoms with van der Waals surface area (Å²) in [6.07, 6.45) is 0. The van der Waals surface area contributed by atoms with Crippen molar-refractivity contribution < 1.29 is 9.63 Å². The summed E-state index contributed by atoms with van der Waals surface area (Å²) in [5.74, 6) is -0.396. The molecule has 0 aliphatic heterocycles. The van der Waals surface area contributed by atoms with Gasteiger partial charge in [-0.3, -0.25) is 0 Å². The molecule has 0 aliphatic rings. The van der Waals surface area contributed by atoms with E-state index in [2.05, 4.69) is 5.48 Å². The number of benzene rings is 2. The molecule has 0 saturated carbocycles. The minimum atomic E-state index is -0.396. The van der Waals surface area contributed by atoms with Gasteiger partial charge in [0.25, 0.3) is 0 Å². The topological polar surface area (TPSA) is 38.3 Å². The quantitative estimate of drug-likeness (QED) is 0.818. The fraction of sp³-hybridized carbons (Fsp3) is 0.0714. The molecule has 0 fully saturated rings. The molecule has 3 nitrogen and oxygen atoms in total. The van der Waals surface area contributed by atoms with Crippen molar-refractivity contribution in [3.63, 3.8) is 0 Å². The summed E-state index contributed by atoms with van der Waals surface area (Å²) in [5, 5.41) is 0. The molecule has 0 radical (unpaired) electrons. The highest BCUT2D eigenvalue weighted by Gasteiger charge is 2.05. The molecule has 2 aromatic carbocycles. The Kier molecular flexibility index (Phi) is 3.40. The minimum absolute atomic E-state index is 0.396. The van der Waals surface area contributed by atoms with Crippen molar-refractivity contribution in [2.24, 2.45) is 0 Å². The third-order valence-corrected chi connectivity index (χ3v) is 2.29. The van der Waals surface area contributed by atoms with Crippen LogP contribution >= 0.6 is 0 Å². The van der Waals surface area contributed by atoms with E-state index in [9.17, 15) is 4.79 Å². The van der Waals surface area contributed by atoms with Crippen molar-refractivity contribution in [2.45, 2.75) is 6.92 Å². The summed E-state index contributed by atoms with van der Waals surface area (Å²) in [6.45, 7) is 1.98. The van der Waals surface area contributed by atoms with Crippen molar-refractivity contribution in [2.75, 3.05) is 5.48 Å². The van der Waals surface area contributed by atoms with Gasteiger partial charge in [-0.1, -0.05) is 30.3 Å². The first-order valence-electron chi connectivity index (χ1n) is 5.34. The third kappa shape index (κ3) is 3.08. The molecule has 0 aliphatic carbocycles. The Morgan fingerprint density at radius 2 is 1.82 bits per heavy atom. The van der Waals surface area contributed by atoms with E-state index in [1.54, 1.807) is 24.3 Å². The van der Waals surface area contributed by atoms with Crippen LogP contribution in [0.4, 0.5) is 5.69 Å². The summed E-state index contributed by atoms with van der Waals surface area (Å²) < 4.78 is 0. The first kappa shape index (κ1) is 11.2. The van der Waals surface area contributed by atoms with Crippen molar-refractivity contribution in [1.29, 1.82) is 0 Å². The van der Waals surface area contributed by atoms with Gasteiger partial charge in [-0.25, -0.2) is 10.3 Å². The molecule has 2 rings (SSSR count). The van der Waals surface area contributed by atoms with E-state index in [0.717, 1.165) is 11.3 Å². The molecule has 2 aromatic rings. The van der Waals surface area contributed by atoms with Gasteiger partial charge in [0.05, 0.1) is 11.3 Å². The largest absolute Gasteiger partial charge is 0.362 e. The molecule has 3 heteroatoms. The fourth-order valence-electron chi connectivity index (χ4n) is 1.45. The number of carbonyl (C=O) groups excluding carboxylic acids is 1. The van der Waals surface area contributed by atoms with E-state index >= 15 is 0 Å². The Balaban J connectivity index is 1.97. The molecule has 86 valence electrons. The SMILES string of the molecule is Cc1cccc(NOC(=O)c2ccccc2)c1. The second-order valence-electron chi connectivity index (χ2n) is 3.73. The van der Waals surface area contributed by atoms with E-state index < -0.39 is 5.97 Å². The fourth-order valence-corrected chi connectivity index (χ4v) is 1.45. The molecular formula is C14H13NO2. The van der Waals surface area contributed by atoms with Crippen LogP contribution in [-0.2, 0) is 4.84 Å². The summed E-state index contributed by atoms with van der Waals surface area (Å²) in [7, 11) is 0. The number of hydrogen-bond donors (Lipinski definition) is 1. The van der Waals surface area contributed by atoms with E-state index in [1.165, 1.54) is 0 Å². The van der Waals surface area contributed by atoms with Gasteiger partial charge in [0.2, 0.25) is 0 Å². The number of rotatable bonds is 3. The van der Waals surface area contributed by atoms with Crippen molar-refractivity contribution in [1.82, 2.24) is 0 Å². The molecule has 0 spiro atoms. The second-order valence-corrected chi connectivity index (χ2v) is 3.73. The van der Waals surface area contributed by atoms with Crippen LogP contribution in [0.2, 0.25) is 0 Å². The zero-order chi connectivity index (χ0) is 12.1. The zero-order valence-electron chi connectivity index (χ0n) is 9.51. The molecule has 0 aromatic heterocycles. The van der Waals surface area contributed by atoms with Crippen molar-refractivity contribution in [3.05, 3.63) is 65.7 Å². The van der Waals surface area contributed by atoms with Gasteiger partial charge in [0, 0.05) is 0 Å². The average molecular weight is 227 g/mol. The lowest BCUT2D eigenvalue weighted by Gasteiger charge is -2.07. The zero-order valence-corrected chi connectivity index (χ0v) is 9.51. The molecule has 0 heterocycles. The summed E-state index contributed by atoms with van der Waals surface area (Å²) in [4.78, 5) is 16.6. The monoisotopic (exact) mass is 227 g/mol. The normalized spacial score (nSPS) is 9.71. The lowest BCUT2D eigenvalue weighted by molar-refractivity contribution is 0.0596. The number of aryl methyl sites for hydroxylation is 1. The maximum atomic E-state index is 11.6. The maximum Gasteiger partial charge on any atom is 0.362 e. The van der Waals surface area contributed by atoms with Gasteiger partial charge in [0.15, 0.2) is 0 Å². The Morgan fingerprint density at radius 1 is 1.06 bits per heavy atom. The van der Waals surface area contributed by atoms with Crippen LogP contribution < -0.4 is 5.48 Å². The highest BCUT2D eigenvalue weighted by atomic mass is 16.7. The minimum Gasteiger partial charge on any atom is -0.338 e. The standard InChI is InChI=1S/C14H13NO2/c1-11-6-5-9-13(10-11)15-17-14(16)12-7-3-2-4-8-12/h2-10,15H,1H3. The predicted molar refractivity (Wildman–Crippen MR) is 66.7 cm³/mol. The first-order valence-corrected chi connectivity index (χ1v) is 5.34. The van der Waals surface area contributed by atoms with Crippen LogP contribution in [0.25, 0.3) is 0 Å². The molecule has 1 N–H and O–H groups in total. The Morgan fingerprint density at radius 3 is 2.53 bits per heavy atom. The number of nitrogens with one attached hydrogen (secondary N) is 1. The van der Waals surface area contributed by atoms with E-state index in [-0.39, 0.29) is 0 Å². The van der Waals surface area contributed by atoms with Gasteiger partial charge >= 0.3 is 5.97 Å². The van der Waals surface area contributed by atoms with E-state index in [1.807, 2.05) is 37.3 Å². The lowest BCUT2D eigenvalue weighted by Crippen LogP contribution is -2.10. The molecule has 0 saturated heterocycles. The van der Waals surface area contributed by atoms with E-state index in [4.69, 9.17) is 4.84 Å². The smallest absolute Gasteiger partial charge is 0.338 e. The Labute approximate surface area is 100.0 Å². The Bertz CT molecular complexity index is 509. The van der Waals surface area contributed by atoms with Crippen LogP contribution in [-0.4, -0.2) is 5.97 Å². The van der Waals surface area contributed by atoms with Gasteiger partial charge in [-0.15, -0.1) is 0 Å². The summed E-state index contributed by atoms with van der Waals surface area (Å²) in [6, 6.07) is 16.5. The van der Waals surface area contributed by atoms with Gasteiger partial charge < -0.3 is 4.84 Å². The maximum absolute atomic E-state index is 11.6. The average Bonchev–Trinajstić information content (AvgIpc) is 2.37. The number of carbonyl (C=O) groups is 1. The number of anilines is 1.